The molecule has 0 saturated carbocycles. The lowest BCUT2D eigenvalue weighted by Gasteiger charge is -2.41. The minimum atomic E-state index is -1.39. The number of cyclic esters (lactones) is 1. The predicted octanol–water partition coefficient (Wildman–Crippen LogP) is 3.79. The maximum atomic E-state index is 13.5. The number of nitrogens with zero attached hydrogens (tertiary/aromatic N) is 2. The van der Waals surface area contributed by atoms with Crippen LogP contribution in [0.15, 0.2) is 96.7 Å². The average molecular weight is 513 g/mol. The van der Waals surface area contributed by atoms with Gasteiger partial charge in [0.1, 0.15) is 17.2 Å². The molecule has 0 fully saturated rings. The van der Waals surface area contributed by atoms with Crippen LogP contribution >= 0.6 is 0 Å². The third-order valence-corrected chi connectivity index (χ3v) is 6.50. The first-order chi connectivity index (χ1) is 18.3. The number of benzene rings is 2. The number of carbonyl (C=O) groups is 1. The van der Waals surface area contributed by atoms with Crippen LogP contribution in [-0.2, 0) is 14.3 Å². The Bertz CT molecular complexity index is 1520. The molecule has 1 aliphatic rings. The highest BCUT2D eigenvalue weighted by molar-refractivity contribution is 5.92. The number of pyridine rings is 2. The molecule has 8 nitrogen and oxygen atoms in total. The van der Waals surface area contributed by atoms with E-state index in [0.717, 1.165) is 10.9 Å². The van der Waals surface area contributed by atoms with E-state index in [1.165, 1.54) is 21.0 Å². The lowest BCUT2D eigenvalue weighted by Crippen LogP contribution is -2.48. The van der Waals surface area contributed by atoms with E-state index in [-0.39, 0.29) is 5.57 Å². The third-order valence-electron chi connectivity index (χ3n) is 6.50. The number of rotatable bonds is 7. The standard InChI is InChI=1S/C30H28N2O6/c1-30(2)37-28(33)26(29(34)38-30)25(21-18-20(35-3)13-15-24(21)36-4)27(32-16-8-5-9-17-32)23-14-12-19-10-6-7-11-22(19)31-23/h5-18,25,27H,1-4H3. The van der Waals surface area contributed by atoms with E-state index in [1.54, 1.807) is 25.3 Å². The summed E-state index contributed by atoms with van der Waals surface area (Å²) >= 11 is 0. The van der Waals surface area contributed by atoms with Crippen LogP contribution in [0.3, 0.4) is 0 Å². The van der Waals surface area contributed by atoms with Crippen molar-refractivity contribution in [2.24, 2.45) is 0 Å². The summed E-state index contributed by atoms with van der Waals surface area (Å²) in [5, 5.41) is 14.5. The molecular formula is C30H28N2O6. The van der Waals surface area contributed by atoms with Crippen molar-refractivity contribution in [2.75, 3.05) is 14.2 Å². The van der Waals surface area contributed by atoms with Gasteiger partial charge in [-0.2, -0.15) is 4.57 Å². The largest absolute Gasteiger partial charge is 0.575 e. The molecule has 2 unspecified atom stereocenters. The molecule has 38 heavy (non-hydrogen) atoms. The first-order valence-corrected chi connectivity index (χ1v) is 12.2. The van der Waals surface area contributed by atoms with E-state index < -0.39 is 29.7 Å². The predicted molar refractivity (Wildman–Crippen MR) is 137 cm³/mol. The number of aromatic nitrogens is 2. The second-order valence-corrected chi connectivity index (χ2v) is 9.37. The molecule has 8 heteroatoms. The van der Waals surface area contributed by atoms with Crippen LogP contribution in [-0.4, -0.2) is 31.0 Å². The molecule has 0 N–H and O–H groups in total. The van der Waals surface area contributed by atoms with Crippen LogP contribution in [0, 0.1) is 0 Å². The van der Waals surface area contributed by atoms with Crippen molar-refractivity contribution in [3.63, 3.8) is 0 Å². The van der Waals surface area contributed by atoms with Gasteiger partial charge in [0, 0.05) is 23.1 Å². The molecule has 2 aromatic heterocycles. The molecule has 0 saturated heterocycles. The summed E-state index contributed by atoms with van der Waals surface area (Å²) in [5.41, 5.74) is 1.80. The Kier molecular flexibility index (Phi) is 6.63. The lowest BCUT2D eigenvalue weighted by atomic mass is 9.81. The van der Waals surface area contributed by atoms with Crippen LogP contribution < -0.4 is 19.1 Å². The molecule has 2 aromatic carbocycles. The van der Waals surface area contributed by atoms with Crippen LogP contribution in [0.25, 0.3) is 10.9 Å². The molecule has 194 valence electrons. The third kappa shape index (κ3) is 4.72. The van der Waals surface area contributed by atoms with Gasteiger partial charge in [0.05, 0.1) is 37.2 Å². The van der Waals surface area contributed by atoms with Crippen molar-refractivity contribution in [1.29, 1.82) is 0 Å². The fraction of sp³-hybridized carbons (Fsp3) is 0.233. The highest BCUT2D eigenvalue weighted by Gasteiger charge is 2.45. The highest BCUT2D eigenvalue weighted by Crippen LogP contribution is 2.45. The number of ether oxygens (including phenoxy) is 4. The van der Waals surface area contributed by atoms with Gasteiger partial charge in [-0.15, -0.1) is 0 Å². The minimum absolute atomic E-state index is 0.160. The van der Waals surface area contributed by atoms with Crippen molar-refractivity contribution in [3.8, 4) is 11.5 Å². The van der Waals surface area contributed by atoms with Gasteiger partial charge in [-0.3, -0.25) is 0 Å². The molecule has 4 aromatic rings. The van der Waals surface area contributed by atoms with E-state index in [2.05, 4.69) is 0 Å². The lowest BCUT2D eigenvalue weighted by molar-refractivity contribution is -0.716. The Morgan fingerprint density at radius 3 is 2.39 bits per heavy atom. The zero-order valence-electron chi connectivity index (χ0n) is 21.6. The van der Waals surface area contributed by atoms with Gasteiger partial charge in [-0.25, -0.2) is 9.78 Å². The van der Waals surface area contributed by atoms with E-state index in [0.29, 0.717) is 22.8 Å². The van der Waals surface area contributed by atoms with E-state index in [4.69, 9.17) is 23.9 Å². The fourth-order valence-corrected chi connectivity index (χ4v) is 4.82. The number of carbonyl (C=O) groups excluding carboxylic acids is 1. The topological polar surface area (TPSA) is 93.8 Å². The fourth-order valence-electron chi connectivity index (χ4n) is 4.82. The molecule has 0 radical (unpaired) electrons. The summed E-state index contributed by atoms with van der Waals surface area (Å²) in [6, 6.07) is 21.9. The number of para-hydroxylation sites is 1. The zero-order valence-corrected chi connectivity index (χ0v) is 21.6. The van der Waals surface area contributed by atoms with Crippen molar-refractivity contribution >= 4 is 16.9 Å². The van der Waals surface area contributed by atoms with Crippen molar-refractivity contribution in [3.05, 3.63) is 108 Å². The summed E-state index contributed by atoms with van der Waals surface area (Å²) in [5.74, 6) is -2.82. The van der Waals surface area contributed by atoms with Crippen molar-refractivity contribution in [1.82, 2.24) is 4.98 Å². The van der Waals surface area contributed by atoms with Crippen molar-refractivity contribution < 1.29 is 33.4 Å². The molecule has 2 atom stereocenters. The van der Waals surface area contributed by atoms with Crippen molar-refractivity contribution in [2.45, 2.75) is 31.6 Å². The highest BCUT2D eigenvalue weighted by atomic mass is 16.8. The quantitative estimate of drug-likeness (QED) is 0.275. The van der Waals surface area contributed by atoms with Gasteiger partial charge in [-0.05, 0) is 44.2 Å². The van der Waals surface area contributed by atoms with Gasteiger partial charge in [0.15, 0.2) is 18.2 Å². The molecule has 0 bridgehead atoms. The molecule has 0 amide bonds. The minimum Gasteiger partial charge on any atom is -0.575 e. The monoisotopic (exact) mass is 512 g/mol. The number of hydrogen-bond acceptors (Lipinski definition) is 7. The Balaban J connectivity index is 1.83. The summed E-state index contributed by atoms with van der Waals surface area (Å²) in [7, 11) is 3.08. The maximum absolute atomic E-state index is 13.5. The van der Waals surface area contributed by atoms with Gasteiger partial charge < -0.3 is 24.1 Å². The summed E-state index contributed by atoms with van der Waals surface area (Å²) in [6.45, 7) is 3.05. The maximum Gasteiger partial charge on any atom is 0.338 e. The van der Waals surface area contributed by atoms with Crippen LogP contribution in [0.2, 0.25) is 0 Å². The smallest absolute Gasteiger partial charge is 0.338 e. The Hall–Kier alpha value is -4.59. The Labute approximate surface area is 220 Å². The number of hydrogen-bond donors (Lipinski definition) is 0. The van der Waals surface area contributed by atoms with Crippen LogP contribution in [0.1, 0.15) is 37.1 Å². The summed E-state index contributed by atoms with van der Waals surface area (Å²) in [6.07, 6.45) is 3.73. The summed E-state index contributed by atoms with van der Waals surface area (Å²) < 4.78 is 24.3. The SMILES string of the molecule is COc1ccc(OC)c(C(C2=C([O-])OC(C)(C)OC2=O)C(c2ccc3ccccc3n2)[n+]2ccccc2)c1. The summed E-state index contributed by atoms with van der Waals surface area (Å²) in [4.78, 5) is 18.5. The Morgan fingerprint density at radius 1 is 0.921 bits per heavy atom. The molecule has 5 rings (SSSR count). The van der Waals surface area contributed by atoms with Gasteiger partial charge in [-0.1, -0.05) is 30.3 Å². The van der Waals surface area contributed by atoms with Crippen LogP contribution in [0.4, 0.5) is 0 Å². The van der Waals surface area contributed by atoms with E-state index >= 15 is 0 Å². The molecule has 0 spiro atoms. The number of methoxy groups -OCH3 is 2. The van der Waals surface area contributed by atoms with Crippen LogP contribution in [0.5, 0.6) is 11.5 Å². The van der Waals surface area contributed by atoms with Gasteiger partial charge in [0.2, 0.25) is 6.04 Å². The van der Waals surface area contributed by atoms with Gasteiger partial charge >= 0.3 is 5.97 Å². The second-order valence-electron chi connectivity index (χ2n) is 9.37. The molecule has 1 aliphatic heterocycles. The number of esters is 1. The second kappa shape index (κ2) is 10.0. The zero-order chi connectivity index (χ0) is 26.9. The van der Waals surface area contributed by atoms with E-state index in [1.807, 2.05) is 71.6 Å². The molecule has 3 heterocycles. The first-order valence-electron chi connectivity index (χ1n) is 12.2. The normalized spacial score (nSPS) is 16.4. The van der Waals surface area contributed by atoms with E-state index in [9.17, 15) is 9.90 Å². The van der Waals surface area contributed by atoms with Gasteiger partial charge in [0.25, 0.3) is 0 Å². The number of fused-ring (bicyclic) bond motifs is 1. The molecular weight excluding hydrogens is 484 g/mol. The molecule has 0 aliphatic carbocycles. The Morgan fingerprint density at radius 2 is 1.68 bits per heavy atom. The average Bonchev–Trinajstić information content (AvgIpc) is 2.91. The first kappa shape index (κ1) is 25.1.